The number of carbonyl (C=O) groups excluding carboxylic acids is 1. The fraction of sp³-hybridized carbons (Fsp3) is 0.857. The summed E-state index contributed by atoms with van der Waals surface area (Å²) in [7, 11) is 0. The van der Waals surface area contributed by atoms with Crippen LogP contribution in [-0.4, -0.2) is 12.5 Å². The van der Waals surface area contributed by atoms with E-state index in [1.807, 2.05) is 0 Å². The molecule has 0 aliphatic carbocycles. The molecule has 95 valence electrons. The normalized spacial score (nSPS) is 10.4. The summed E-state index contributed by atoms with van der Waals surface area (Å²) in [6, 6.07) is 0. The second kappa shape index (κ2) is 12.5. The lowest BCUT2D eigenvalue weighted by Crippen LogP contribution is -2.23. The van der Waals surface area contributed by atoms with Crippen LogP contribution in [0.4, 0.5) is 0 Å². The summed E-state index contributed by atoms with van der Waals surface area (Å²) in [5, 5.41) is 2.85. The number of nitrogens with one attached hydrogen (secondary N) is 1. The highest BCUT2D eigenvalue weighted by Crippen LogP contribution is 2.09. The van der Waals surface area contributed by atoms with Gasteiger partial charge in [-0.05, 0) is 12.8 Å². The summed E-state index contributed by atoms with van der Waals surface area (Å²) in [5.41, 5.74) is 0. The maximum atomic E-state index is 11.2. The molecule has 0 spiro atoms. The Morgan fingerprint density at radius 3 is 2.12 bits per heavy atom. The first kappa shape index (κ1) is 15.5. The van der Waals surface area contributed by atoms with E-state index in [9.17, 15) is 4.79 Å². The Labute approximate surface area is 101 Å². The molecule has 16 heavy (non-hydrogen) atoms. The van der Waals surface area contributed by atoms with Crippen LogP contribution in [0.3, 0.4) is 0 Å². The zero-order chi connectivity index (χ0) is 12.1. The van der Waals surface area contributed by atoms with Crippen LogP contribution in [0.15, 0.2) is 0 Å². The van der Waals surface area contributed by atoms with Gasteiger partial charge in [-0.15, -0.1) is 0 Å². The minimum Gasteiger partial charge on any atom is -0.356 e. The molecule has 1 amide bonds. The molecule has 0 aliphatic heterocycles. The zero-order valence-corrected chi connectivity index (χ0v) is 10.9. The third-order valence-electron chi connectivity index (χ3n) is 2.76. The van der Waals surface area contributed by atoms with E-state index >= 15 is 0 Å². The molecule has 0 unspecified atom stereocenters. The van der Waals surface area contributed by atoms with Gasteiger partial charge in [0, 0.05) is 13.0 Å². The van der Waals surface area contributed by atoms with E-state index in [4.69, 9.17) is 0 Å². The van der Waals surface area contributed by atoms with Gasteiger partial charge < -0.3 is 5.32 Å². The van der Waals surface area contributed by atoms with Crippen molar-refractivity contribution in [2.45, 2.75) is 71.1 Å². The number of carbonyl (C=O) groups is 1. The predicted octanol–water partition coefficient (Wildman–Crippen LogP) is 3.86. The molecule has 0 aromatic rings. The van der Waals surface area contributed by atoms with Gasteiger partial charge in [-0.2, -0.15) is 0 Å². The molecule has 0 rings (SSSR count). The Morgan fingerprint density at radius 2 is 1.56 bits per heavy atom. The molecule has 1 N–H and O–H groups in total. The Hall–Kier alpha value is -0.530. The second-order valence-corrected chi connectivity index (χ2v) is 4.43. The van der Waals surface area contributed by atoms with Crippen LogP contribution >= 0.6 is 0 Å². The van der Waals surface area contributed by atoms with E-state index in [0.29, 0.717) is 6.42 Å². The molecule has 2 heteroatoms. The number of unbranched alkanes of at least 4 members (excludes halogenated alkanes) is 7. The first-order valence-corrected chi connectivity index (χ1v) is 6.87. The molecule has 0 saturated heterocycles. The largest absolute Gasteiger partial charge is 0.356 e. The van der Waals surface area contributed by atoms with E-state index in [1.54, 1.807) is 0 Å². The average Bonchev–Trinajstić information content (AvgIpc) is 2.30. The topological polar surface area (TPSA) is 29.1 Å². The Bertz CT molecular complexity index is 157. The first-order valence-electron chi connectivity index (χ1n) is 6.87. The van der Waals surface area contributed by atoms with Crippen molar-refractivity contribution in [1.82, 2.24) is 5.32 Å². The molecular formula is C14H28NO. The lowest BCUT2D eigenvalue weighted by molar-refractivity contribution is -0.121. The van der Waals surface area contributed by atoms with Crippen molar-refractivity contribution in [2.24, 2.45) is 0 Å². The van der Waals surface area contributed by atoms with E-state index in [-0.39, 0.29) is 5.91 Å². The molecule has 0 heterocycles. The van der Waals surface area contributed by atoms with Gasteiger partial charge in [0.05, 0.1) is 0 Å². The number of hydrogen-bond donors (Lipinski definition) is 1. The van der Waals surface area contributed by atoms with Gasteiger partial charge in [0.2, 0.25) is 5.91 Å². The summed E-state index contributed by atoms with van der Waals surface area (Å²) in [5.74, 6) is 0.189. The third-order valence-corrected chi connectivity index (χ3v) is 2.76. The average molecular weight is 226 g/mol. The fourth-order valence-electron chi connectivity index (χ4n) is 1.74. The molecular weight excluding hydrogens is 198 g/mol. The summed E-state index contributed by atoms with van der Waals surface area (Å²) in [4.78, 5) is 11.2. The number of hydrogen-bond acceptors (Lipinski definition) is 1. The van der Waals surface area contributed by atoms with E-state index < -0.39 is 0 Å². The molecule has 0 fully saturated rings. The molecule has 0 aromatic carbocycles. The third kappa shape index (κ3) is 11.5. The van der Waals surface area contributed by atoms with Gasteiger partial charge >= 0.3 is 0 Å². The maximum Gasteiger partial charge on any atom is 0.219 e. The monoisotopic (exact) mass is 226 g/mol. The number of rotatable bonds is 11. The highest BCUT2D eigenvalue weighted by atomic mass is 16.1. The number of amides is 1. The molecule has 0 atom stereocenters. The summed E-state index contributed by atoms with van der Waals surface area (Å²) in [6.07, 6.45) is 11.7. The van der Waals surface area contributed by atoms with Crippen molar-refractivity contribution in [3.05, 3.63) is 6.92 Å². The lowest BCUT2D eigenvalue weighted by Gasteiger charge is -2.03. The van der Waals surface area contributed by atoms with Crippen molar-refractivity contribution < 1.29 is 4.79 Å². The van der Waals surface area contributed by atoms with E-state index in [1.165, 1.54) is 44.9 Å². The van der Waals surface area contributed by atoms with E-state index in [0.717, 1.165) is 19.4 Å². The molecule has 1 radical (unpaired) electrons. The van der Waals surface area contributed by atoms with Crippen LogP contribution < -0.4 is 5.32 Å². The van der Waals surface area contributed by atoms with Gasteiger partial charge in [0.25, 0.3) is 0 Å². The van der Waals surface area contributed by atoms with Crippen molar-refractivity contribution in [3.8, 4) is 0 Å². The van der Waals surface area contributed by atoms with Crippen LogP contribution in [0.2, 0.25) is 0 Å². The van der Waals surface area contributed by atoms with Crippen molar-refractivity contribution in [3.63, 3.8) is 0 Å². The van der Waals surface area contributed by atoms with Crippen LogP contribution in [0, 0.1) is 6.92 Å². The first-order chi connectivity index (χ1) is 7.81. The van der Waals surface area contributed by atoms with Crippen LogP contribution in [0.5, 0.6) is 0 Å². The Morgan fingerprint density at radius 1 is 1.00 bits per heavy atom. The Balaban J connectivity index is 3.05. The summed E-state index contributed by atoms with van der Waals surface area (Å²) in [6.45, 7) is 6.65. The van der Waals surface area contributed by atoms with Crippen LogP contribution in [0.1, 0.15) is 71.1 Å². The standard InChI is InChI=1S/C14H28NO/c1-3-5-6-7-8-9-10-11-12-14(16)15-13-4-2/h2-13H2,1H3,(H,15,16). The summed E-state index contributed by atoms with van der Waals surface area (Å²) < 4.78 is 0. The summed E-state index contributed by atoms with van der Waals surface area (Å²) >= 11 is 0. The lowest BCUT2D eigenvalue weighted by atomic mass is 10.1. The highest BCUT2D eigenvalue weighted by Gasteiger charge is 1.99. The quantitative estimate of drug-likeness (QED) is 0.533. The molecule has 0 aromatic heterocycles. The van der Waals surface area contributed by atoms with Gasteiger partial charge in [-0.3, -0.25) is 4.79 Å². The van der Waals surface area contributed by atoms with Crippen molar-refractivity contribution in [2.75, 3.05) is 6.54 Å². The molecule has 2 nitrogen and oxygen atoms in total. The highest BCUT2D eigenvalue weighted by molar-refractivity contribution is 5.75. The van der Waals surface area contributed by atoms with Crippen LogP contribution in [0.25, 0.3) is 0 Å². The minimum absolute atomic E-state index is 0.189. The predicted molar refractivity (Wildman–Crippen MR) is 70.2 cm³/mol. The fourth-order valence-corrected chi connectivity index (χ4v) is 1.74. The minimum atomic E-state index is 0.189. The zero-order valence-electron chi connectivity index (χ0n) is 10.9. The van der Waals surface area contributed by atoms with Crippen molar-refractivity contribution >= 4 is 5.91 Å². The Kier molecular flexibility index (Phi) is 12.1. The molecule has 0 saturated carbocycles. The second-order valence-electron chi connectivity index (χ2n) is 4.43. The molecule has 0 aliphatic rings. The van der Waals surface area contributed by atoms with Gasteiger partial charge in [-0.1, -0.05) is 58.8 Å². The van der Waals surface area contributed by atoms with Crippen molar-refractivity contribution in [1.29, 1.82) is 0 Å². The van der Waals surface area contributed by atoms with Gasteiger partial charge in [0.1, 0.15) is 0 Å². The SMILES string of the molecule is [CH2]CCNC(=O)CCCCCCCCCC. The maximum absolute atomic E-state index is 11.2. The smallest absolute Gasteiger partial charge is 0.219 e. The van der Waals surface area contributed by atoms with Crippen LogP contribution in [-0.2, 0) is 4.79 Å². The molecule has 0 bridgehead atoms. The van der Waals surface area contributed by atoms with Gasteiger partial charge in [-0.25, -0.2) is 0 Å². The van der Waals surface area contributed by atoms with Gasteiger partial charge in [0.15, 0.2) is 0 Å². The van der Waals surface area contributed by atoms with E-state index in [2.05, 4.69) is 19.2 Å².